The summed E-state index contributed by atoms with van der Waals surface area (Å²) in [4.78, 5) is 22.7. The second kappa shape index (κ2) is 4.70. The summed E-state index contributed by atoms with van der Waals surface area (Å²) < 4.78 is 4.40. The molecule has 0 saturated heterocycles. The van der Waals surface area contributed by atoms with Crippen LogP contribution in [0.5, 0.6) is 0 Å². The van der Waals surface area contributed by atoms with Gasteiger partial charge in [-0.3, -0.25) is 4.79 Å². The van der Waals surface area contributed by atoms with Crippen molar-refractivity contribution in [1.29, 1.82) is 0 Å². The van der Waals surface area contributed by atoms with Gasteiger partial charge in [-0.1, -0.05) is 23.8 Å². The zero-order valence-electron chi connectivity index (χ0n) is 8.69. The van der Waals surface area contributed by atoms with Crippen molar-refractivity contribution in [3.05, 3.63) is 35.4 Å². The molecule has 4 heteroatoms. The second-order valence-electron chi connectivity index (χ2n) is 3.23. The molecule has 0 radical (unpaired) electrons. The molecular formula is C11H13NO3. The molecule has 0 spiro atoms. The highest BCUT2D eigenvalue weighted by Crippen LogP contribution is 2.06. The normalized spacial score (nSPS) is 11.9. The van der Waals surface area contributed by atoms with Gasteiger partial charge < -0.3 is 10.5 Å². The van der Waals surface area contributed by atoms with Crippen molar-refractivity contribution in [2.24, 2.45) is 5.73 Å². The number of ether oxygens (including phenoxy) is 1. The Hall–Kier alpha value is -1.68. The van der Waals surface area contributed by atoms with Crippen molar-refractivity contribution in [2.45, 2.75) is 13.0 Å². The minimum absolute atomic E-state index is 0.424. The van der Waals surface area contributed by atoms with Gasteiger partial charge in [-0.25, -0.2) is 4.79 Å². The minimum Gasteiger partial charge on any atom is -0.468 e. The zero-order chi connectivity index (χ0) is 11.4. The molecule has 4 nitrogen and oxygen atoms in total. The Morgan fingerprint density at radius 1 is 1.40 bits per heavy atom. The molecule has 0 bridgehead atoms. The Labute approximate surface area is 88.0 Å². The van der Waals surface area contributed by atoms with E-state index in [0.29, 0.717) is 5.56 Å². The maximum atomic E-state index is 11.7. The Morgan fingerprint density at radius 3 is 2.60 bits per heavy atom. The summed E-state index contributed by atoms with van der Waals surface area (Å²) in [6.07, 6.45) is 0. The first-order valence-electron chi connectivity index (χ1n) is 4.50. The number of hydrogen-bond donors (Lipinski definition) is 1. The van der Waals surface area contributed by atoms with Crippen LogP contribution < -0.4 is 5.73 Å². The molecule has 1 atom stereocenters. The van der Waals surface area contributed by atoms with E-state index in [4.69, 9.17) is 5.73 Å². The van der Waals surface area contributed by atoms with E-state index in [-0.39, 0.29) is 0 Å². The van der Waals surface area contributed by atoms with Crippen molar-refractivity contribution < 1.29 is 14.3 Å². The van der Waals surface area contributed by atoms with Crippen LogP contribution in [0.2, 0.25) is 0 Å². The average Bonchev–Trinajstić information content (AvgIpc) is 2.26. The van der Waals surface area contributed by atoms with Gasteiger partial charge in [-0.05, 0) is 13.0 Å². The Morgan fingerprint density at radius 2 is 2.07 bits per heavy atom. The summed E-state index contributed by atoms with van der Waals surface area (Å²) >= 11 is 0. The van der Waals surface area contributed by atoms with Gasteiger partial charge in [-0.2, -0.15) is 0 Å². The van der Waals surface area contributed by atoms with E-state index in [9.17, 15) is 9.59 Å². The number of rotatable bonds is 3. The minimum atomic E-state index is -1.24. The van der Waals surface area contributed by atoms with E-state index in [1.807, 2.05) is 13.0 Å². The Bertz CT molecular complexity index is 387. The molecule has 0 aliphatic carbocycles. The zero-order valence-corrected chi connectivity index (χ0v) is 8.69. The van der Waals surface area contributed by atoms with Gasteiger partial charge in [0.25, 0.3) is 0 Å². The molecule has 0 aromatic heterocycles. The summed E-state index contributed by atoms with van der Waals surface area (Å²) in [6.45, 7) is 1.86. The predicted octanol–water partition coefficient (Wildman–Crippen LogP) is 0.678. The fraction of sp³-hybridized carbons (Fsp3) is 0.273. The SMILES string of the molecule is COC(=O)[C@H](N)C(=O)c1cccc(C)c1. The van der Waals surface area contributed by atoms with Gasteiger partial charge in [0.15, 0.2) is 11.8 Å². The third kappa shape index (κ3) is 2.63. The number of benzene rings is 1. The molecule has 1 aromatic rings. The van der Waals surface area contributed by atoms with Crippen LogP contribution in [0.4, 0.5) is 0 Å². The van der Waals surface area contributed by atoms with Gasteiger partial charge in [0.05, 0.1) is 7.11 Å². The lowest BCUT2D eigenvalue weighted by atomic mass is 10.0. The van der Waals surface area contributed by atoms with Crippen molar-refractivity contribution >= 4 is 11.8 Å². The van der Waals surface area contributed by atoms with Gasteiger partial charge in [0.2, 0.25) is 0 Å². The highest BCUT2D eigenvalue weighted by atomic mass is 16.5. The van der Waals surface area contributed by atoms with Crippen molar-refractivity contribution in [3.8, 4) is 0 Å². The number of esters is 1. The molecule has 15 heavy (non-hydrogen) atoms. The van der Waals surface area contributed by atoms with Crippen LogP contribution >= 0.6 is 0 Å². The molecule has 80 valence electrons. The fourth-order valence-electron chi connectivity index (χ4n) is 1.21. The smallest absolute Gasteiger partial charge is 0.330 e. The van der Waals surface area contributed by atoms with Crippen molar-refractivity contribution in [2.75, 3.05) is 7.11 Å². The quantitative estimate of drug-likeness (QED) is 0.449. The molecule has 0 amide bonds. The van der Waals surface area contributed by atoms with Gasteiger partial charge >= 0.3 is 5.97 Å². The third-order valence-electron chi connectivity index (χ3n) is 2.04. The summed E-state index contributed by atoms with van der Waals surface area (Å²) in [7, 11) is 1.20. The van der Waals surface area contributed by atoms with Gasteiger partial charge in [0.1, 0.15) is 0 Å². The van der Waals surface area contributed by atoms with Crippen molar-refractivity contribution in [1.82, 2.24) is 0 Å². The lowest BCUT2D eigenvalue weighted by molar-refractivity contribution is -0.140. The lowest BCUT2D eigenvalue weighted by Gasteiger charge is -2.08. The molecule has 0 aliphatic heterocycles. The number of carbonyl (C=O) groups excluding carboxylic acids is 2. The molecule has 0 heterocycles. The molecule has 0 unspecified atom stereocenters. The molecule has 1 rings (SSSR count). The number of hydrogen-bond acceptors (Lipinski definition) is 4. The number of methoxy groups -OCH3 is 1. The lowest BCUT2D eigenvalue weighted by Crippen LogP contribution is -2.39. The predicted molar refractivity (Wildman–Crippen MR) is 55.5 cm³/mol. The third-order valence-corrected chi connectivity index (χ3v) is 2.04. The summed E-state index contributed by atoms with van der Waals surface area (Å²) in [5, 5.41) is 0. The molecular weight excluding hydrogens is 194 g/mol. The highest BCUT2D eigenvalue weighted by Gasteiger charge is 2.23. The van der Waals surface area contributed by atoms with Gasteiger partial charge in [0, 0.05) is 5.56 Å². The van der Waals surface area contributed by atoms with E-state index in [0.717, 1.165) is 5.56 Å². The van der Waals surface area contributed by atoms with E-state index < -0.39 is 17.8 Å². The Kier molecular flexibility index (Phi) is 3.57. The van der Waals surface area contributed by atoms with E-state index in [1.165, 1.54) is 7.11 Å². The summed E-state index contributed by atoms with van der Waals surface area (Å²) in [5.74, 6) is -1.15. The van der Waals surface area contributed by atoms with E-state index >= 15 is 0 Å². The van der Waals surface area contributed by atoms with Crippen LogP contribution in [0.1, 0.15) is 15.9 Å². The number of nitrogens with two attached hydrogens (primary N) is 1. The number of carbonyl (C=O) groups is 2. The number of ketones is 1. The van der Waals surface area contributed by atoms with Crippen LogP contribution in [0, 0.1) is 6.92 Å². The highest BCUT2D eigenvalue weighted by molar-refractivity contribution is 6.11. The molecule has 0 aliphatic rings. The van der Waals surface area contributed by atoms with Gasteiger partial charge in [-0.15, -0.1) is 0 Å². The largest absolute Gasteiger partial charge is 0.468 e. The topological polar surface area (TPSA) is 69.4 Å². The monoisotopic (exact) mass is 207 g/mol. The fourth-order valence-corrected chi connectivity index (χ4v) is 1.21. The Balaban J connectivity index is 2.90. The van der Waals surface area contributed by atoms with Crippen LogP contribution in [0.25, 0.3) is 0 Å². The van der Waals surface area contributed by atoms with Crippen LogP contribution in [-0.4, -0.2) is 24.9 Å². The first-order chi connectivity index (χ1) is 7.06. The van der Waals surface area contributed by atoms with E-state index in [2.05, 4.69) is 4.74 Å². The molecule has 0 saturated carbocycles. The number of Topliss-reactive ketones (excluding diaryl/α,β-unsaturated/α-hetero) is 1. The average molecular weight is 207 g/mol. The molecule has 1 aromatic carbocycles. The standard InChI is InChI=1S/C11H13NO3/c1-7-4-3-5-8(6-7)10(13)9(12)11(14)15-2/h3-6,9H,12H2,1-2H3/t9-/m1/s1. The first-order valence-corrected chi connectivity index (χ1v) is 4.50. The van der Waals surface area contributed by atoms with Crippen LogP contribution in [0.3, 0.4) is 0 Å². The van der Waals surface area contributed by atoms with Crippen LogP contribution in [0.15, 0.2) is 24.3 Å². The maximum Gasteiger partial charge on any atom is 0.330 e. The summed E-state index contributed by atoms with van der Waals surface area (Å²) in [5.41, 5.74) is 6.80. The molecule has 2 N–H and O–H groups in total. The number of aryl methyl sites for hydroxylation is 1. The van der Waals surface area contributed by atoms with Crippen LogP contribution in [-0.2, 0) is 9.53 Å². The second-order valence-corrected chi connectivity index (χ2v) is 3.23. The summed E-state index contributed by atoms with van der Waals surface area (Å²) in [6, 6.07) is 5.67. The first kappa shape index (κ1) is 11.4. The van der Waals surface area contributed by atoms with E-state index in [1.54, 1.807) is 18.2 Å². The van der Waals surface area contributed by atoms with Crippen molar-refractivity contribution in [3.63, 3.8) is 0 Å². The maximum absolute atomic E-state index is 11.7. The molecule has 0 fully saturated rings.